The molecule has 0 bridgehead atoms. The zero-order valence-electron chi connectivity index (χ0n) is 10.00. The minimum atomic E-state index is 0.397. The van der Waals surface area contributed by atoms with Crippen molar-refractivity contribution in [2.45, 2.75) is 6.54 Å². The summed E-state index contributed by atoms with van der Waals surface area (Å²) in [6.07, 6.45) is 1.45. The van der Waals surface area contributed by atoms with Crippen LogP contribution in [-0.4, -0.2) is 26.6 Å². The van der Waals surface area contributed by atoms with E-state index in [0.29, 0.717) is 29.5 Å². The number of halogens is 1. The molecule has 0 saturated carbocycles. The van der Waals surface area contributed by atoms with E-state index in [4.69, 9.17) is 10.5 Å². The van der Waals surface area contributed by atoms with E-state index in [1.165, 1.54) is 6.33 Å². The molecular formula is C11H10BrN5OS. The number of imidazole rings is 1. The summed E-state index contributed by atoms with van der Waals surface area (Å²) in [7, 11) is 1.55. The number of hydrogen-bond acceptors (Lipinski definition) is 6. The second-order valence-corrected chi connectivity index (χ2v) is 5.66. The van der Waals surface area contributed by atoms with Crippen LogP contribution in [0.2, 0.25) is 0 Å². The summed E-state index contributed by atoms with van der Waals surface area (Å²) in [4.78, 5) is 13.7. The van der Waals surface area contributed by atoms with E-state index >= 15 is 0 Å². The molecule has 0 aliphatic rings. The zero-order valence-corrected chi connectivity index (χ0v) is 12.4. The first-order chi connectivity index (χ1) is 9.20. The normalized spacial score (nSPS) is 11.1. The van der Waals surface area contributed by atoms with Crippen molar-refractivity contribution in [3.63, 3.8) is 0 Å². The maximum atomic E-state index is 5.96. The van der Waals surface area contributed by atoms with Gasteiger partial charge in [0.1, 0.15) is 6.33 Å². The van der Waals surface area contributed by atoms with Gasteiger partial charge < -0.3 is 10.5 Å². The second kappa shape index (κ2) is 4.78. The first kappa shape index (κ1) is 12.4. The largest absolute Gasteiger partial charge is 0.479 e. The lowest BCUT2D eigenvalue weighted by Crippen LogP contribution is -2.04. The number of fused-ring (bicyclic) bond motifs is 1. The van der Waals surface area contributed by atoms with Gasteiger partial charge in [0, 0.05) is 9.35 Å². The molecule has 0 aliphatic heterocycles. The first-order valence-electron chi connectivity index (χ1n) is 5.43. The van der Waals surface area contributed by atoms with Gasteiger partial charge in [0.15, 0.2) is 11.2 Å². The summed E-state index contributed by atoms with van der Waals surface area (Å²) in [6.45, 7) is 0.612. The van der Waals surface area contributed by atoms with Crippen LogP contribution in [0.4, 0.5) is 5.95 Å². The number of aromatic nitrogens is 4. The summed E-state index contributed by atoms with van der Waals surface area (Å²) in [5.41, 5.74) is 7.21. The number of hydrogen-bond donors (Lipinski definition) is 1. The van der Waals surface area contributed by atoms with Gasteiger partial charge in [-0.05, 0) is 27.4 Å². The SMILES string of the molecule is COc1ncnc2c1nc(N)n2Cc1sccc1Br. The van der Waals surface area contributed by atoms with Crippen LogP contribution in [0.3, 0.4) is 0 Å². The van der Waals surface area contributed by atoms with Crippen molar-refractivity contribution in [2.75, 3.05) is 12.8 Å². The van der Waals surface area contributed by atoms with Gasteiger partial charge in [-0.1, -0.05) is 0 Å². The average molecular weight is 340 g/mol. The van der Waals surface area contributed by atoms with E-state index < -0.39 is 0 Å². The zero-order chi connectivity index (χ0) is 13.4. The van der Waals surface area contributed by atoms with Crippen molar-refractivity contribution in [2.24, 2.45) is 0 Å². The number of rotatable bonds is 3. The fourth-order valence-corrected chi connectivity index (χ4v) is 3.29. The molecule has 0 fully saturated rings. The Morgan fingerprint density at radius 3 is 3.00 bits per heavy atom. The monoisotopic (exact) mass is 339 g/mol. The molecule has 3 heterocycles. The van der Waals surface area contributed by atoms with E-state index in [9.17, 15) is 0 Å². The van der Waals surface area contributed by atoms with E-state index in [1.54, 1.807) is 18.4 Å². The summed E-state index contributed by atoms with van der Waals surface area (Å²) in [5.74, 6) is 0.829. The fraction of sp³-hybridized carbons (Fsp3) is 0.182. The Balaban J connectivity index is 2.13. The molecule has 0 unspecified atom stereocenters. The number of ether oxygens (including phenoxy) is 1. The Morgan fingerprint density at radius 2 is 2.32 bits per heavy atom. The van der Waals surface area contributed by atoms with Crippen LogP contribution in [0.1, 0.15) is 4.88 Å². The van der Waals surface area contributed by atoms with Gasteiger partial charge >= 0.3 is 0 Å². The average Bonchev–Trinajstić information content (AvgIpc) is 2.95. The van der Waals surface area contributed by atoms with Crippen LogP contribution >= 0.6 is 27.3 Å². The summed E-state index contributed by atoms with van der Waals surface area (Å²) in [5, 5.41) is 2.02. The van der Waals surface area contributed by atoms with Crippen molar-refractivity contribution in [1.29, 1.82) is 0 Å². The molecule has 0 radical (unpaired) electrons. The van der Waals surface area contributed by atoms with E-state index in [2.05, 4.69) is 30.9 Å². The number of nitrogens with two attached hydrogens (primary N) is 1. The molecular weight excluding hydrogens is 330 g/mol. The Labute approximate surface area is 121 Å². The molecule has 6 nitrogen and oxygen atoms in total. The van der Waals surface area contributed by atoms with E-state index in [1.807, 2.05) is 16.0 Å². The molecule has 0 amide bonds. The van der Waals surface area contributed by atoms with Crippen molar-refractivity contribution in [1.82, 2.24) is 19.5 Å². The Morgan fingerprint density at radius 1 is 1.47 bits per heavy atom. The molecule has 0 aromatic carbocycles. The molecule has 19 heavy (non-hydrogen) atoms. The van der Waals surface area contributed by atoms with Crippen LogP contribution in [0.15, 0.2) is 22.2 Å². The lowest BCUT2D eigenvalue weighted by atomic mass is 10.4. The van der Waals surface area contributed by atoms with Gasteiger partial charge in [-0.25, -0.2) is 9.97 Å². The molecule has 0 saturated heterocycles. The predicted octanol–water partition coefficient (Wildman–Crippen LogP) is 2.29. The standard InChI is InChI=1S/C11H10BrN5OS/c1-18-10-8-9(14-5-15-10)17(11(13)16-8)4-7-6(12)2-3-19-7/h2-3,5H,4H2,1H3,(H2,13,16). The number of nitrogen functional groups attached to an aromatic ring is 1. The third-order valence-corrected chi connectivity index (χ3v) is 4.63. The summed E-state index contributed by atoms with van der Waals surface area (Å²) >= 11 is 5.16. The Hall–Kier alpha value is -1.67. The molecule has 0 aliphatic carbocycles. The van der Waals surface area contributed by atoms with Gasteiger partial charge in [0.25, 0.3) is 0 Å². The highest BCUT2D eigenvalue weighted by Gasteiger charge is 2.15. The van der Waals surface area contributed by atoms with Crippen molar-refractivity contribution < 1.29 is 4.74 Å². The Bertz CT molecular complexity index is 738. The highest BCUT2D eigenvalue weighted by atomic mass is 79.9. The van der Waals surface area contributed by atoms with Crippen molar-refractivity contribution >= 4 is 44.4 Å². The molecule has 0 spiro atoms. The molecule has 2 N–H and O–H groups in total. The maximum Gasteiger partial charge on any atom is 0.245 e. The molecule has 98 valence electrons. The highest BCUT2D eigenvalue weighted by molar-refractivity contribution is 9.10. The van der Waals surface area contributed by atoms with Crippen molar-refractivity contribution in [3.8, 4) is 5.88 Å². The lowest BCUT2D eigenvalue weighted by molar-refractivity contribution is 0.401. The maximum absolute atomic E-state index is 5.96. The van der Waals surface area contributed by atoms with Gasteiger partial charge in [0.2, 0.25) is 11.8 Å². The molecule has 3 aromatic rings. The summed E-state index contributed by atoms with van der Waals surface area (Å²) < 4.78 is 8.06. The van der Waals surface area contributed by atoms with Crippen LogP contribution in [0.25, 0.3) is 11.2 Å². The van der Waals surface area contributed by atoms with Crippen LogP contribution in [-0.2, 0) is 6.54 Å². The topological polar surface area (TPSA) is 78.8 Å². The highest BCUT2D eigenvalue weighted by Crippen LogP contribution is 2.28. The van der Waals surface area contributed by atoms with Gasteiger partial charge in [-0.2, -0.15) is 4.98 Å². The molecule has 0 atom stereocenters. The van der Waals surface area contributed by atoms with Crippen LogP contribution < -0.4 is 10.5 Å². The number of methoxy groups -OCH3 is 1. The second-order valence-electron chi connectivity index (χ2n) is 3.80. The van der Waals surface area contributed by atoms with Gasteiger partial charge in [0.05, 0.1) is 13.7 Å². The van der Waals surface area contributed by atoms with E-state index in [-0.39, 0.29) is 0 Å². The minimum absolute atomic E-state index is 0.397. The number of nitrogens with zero attached hydrogens (tertiary/aromatic N) is 4. The molecule has 8 heteroatoms. The first-order valence-corrected chi connectivity index (χ1v) is 7.10. The Kier molecular flexibility index (Phi) is 3.11. The number of anilines is 1. The number of thiophene rings is 1. The van der Waals surface area contributed by atoms with Crippen LogP contribution in [0.5, 0.6) is 5.88 Å². The third kappa shape index (κ3) is 2.06. The molecule has 3 rings (SSSR count). The van der Waals surface area contributed by atoms with E-state index in [0.717, 1.165) is 9.35 Å². The smallest absolute Gasteiger partial charge is 0.245 e. The molecule has 3 aromatic heterocycles. The fourth-order valence-electron chi connectivity index (χ4n) is 1.82. The third-order valence-electron chi connectivity index (χ3n) is 2.71. The lowest BCUT2D eigenvalue weighted by Gasteiger charge is -2.04. The van der Waals surface area contributed by atoms with Gasteiger partial charge in [-0.15, -0.1) is 11.3 Å². The minimum Gasteiger partial charge on any atom is -0.479 e. The summed E-state index contributed by atoms with van der Waals surface area (Å²) in [6, 6.07) is 2.00. The van der Waals surface area contributed by atoms with Crippen LogP contribution in [0, 0.1) is 0 Å². The van der Waals surface area contributed by atoms with Gasteiger partial charge in [-0.3, -0.25) is 4.57 Å². The van der Waals surface area contributed by atoms with Crippen molar-refractivity contribution in [3.05, 3.63) is 27.1 Å². The quantitative estimate of drug-likeness (QED) is 0.791. The predicted molar refractivity (Wildman–Crippen MR) is 77.4 cm³/mol.